The molecule has 2 aromatic rings. The SMILES string of the molecule is C=NC1=C(SCC(/C=C\C)=C/C=C(\C)C/C=C\C=C/CC)N(Cc2ccc(COc3ccc(CCCC)cc3)cc2)CCCC1. The molecule has 0 fully saturated rings. The molecule has 1 heterocycles. The molecule has 0 bridgehead atoms. The topological polar surface area (TPSA) is 24.8 Å². The van der Waals surface area contributed by atoms with E-state index in [1.165, 1.54) is 45.7 Å². The van der Waals surface area contributed by atoms with Crippen LogP contribution in [0.2, 0.25) is 0 Å². The van der Waals surface area contributed by atoms with Crippen LogP contribution >= 0.6 is 11.8 Å². The molecule has 0 amide bonds. The van der Waals surface area contributed by atoms with E-state index in [4.69, 9.17) is 4.74 Å². The van der Waals surface area contributed by atoms with Crippen molar-refractivity contribution in [2.45, 2.75) is 92.2 Å². The summed E-state index contributed by atoms with van der Waals surface area (Å²) in [6, 6.07) is 17.4. The van der Waals surface area contributed by atoms with Crippen LogP contribution in [0.25, 0.3) is 0 Å². The van der Waals surface area contributed by atoms with Crippen LogP contribution in [-0.4, -0.2) is 23.9 Å². The van der Waals surface area contributed by atoms with Crippen molar-refractivity contribution in [2.24, 2.45) is 4.99 Å². The summed E-state index contributed by atoms with van der Waals surface area (Å²) in [5.74, 6) is 1.82. The fourth-order valence-corrected chi connectivity index (χ4v) is 6.27. The van der Waals surface area contributed by atoms with E-state index in [-0.39, 0.29) is 0 Å². The number of aliphatic imine (C=N–C) groups is 1. The zero-order chi connectivity index (χ0) is 32.1. The first kappa shape index (κ1) is 36.0. The molecule has 0 unspecified atom stereocenters. The number of aryl methyl sites for hydroxylation is 1. The van der Waals surface area contributed by atoms with Gasteiger partial charge in [-0.1, -0.05) is 111 Å². The number of nitrogens with zero attached hydrogens (tertiary/aromatic N) is 2. The molecule has 0 radical (unpaired) electrons. The van der Waals surface area contributed by atoms with E-state index in [1.807, 2.05) is 11.8 Å². The van der Waals surface area contributed by atoms with E-state index < -0.39 is 0 Å². The molecule has 1 aliphatic rings. The van der Waals surface area contributed by atoms with E-state index in [9.17, 15) is 0 Å². The lowest BCUT2D eigenvalue weighted by Gasteiger charge is -2.27. The maximum absolute atomic E-state index is 6.08. The lowest BCUT2D eigenvalue weighted by Crippen LogP contribution is -2.22. The molecule has 0 saturated carbocycles. The van der Waals surface area contributed by atoms with Crippen LogP contribution < -0.4 is 4.74 Å². The summed E-state index contributed by atoms with van der Waals surface area (Å²) in [6.07, 6.45) is 26.4. The Morgan fingerprint density at radius 3 is 2.40 bits per heavy atom. The van der Waals surface area contributed by atoms with Gasteiger partial charge >= 0.3 is 0 Å². The second-order valence-electron chi connectivity index (χ2n) is 11.7. The molecule has 0 aromatic heterocycles. The molecule has 2 aromatic carbocycles. The van der Waals surface area contributed by atoms with Crippen molar-refractivity contribution in [3.05, 3.63) is 136 Å². The van der Waals surface area contributed by atoms with E-state index >= 15 is 0 Å². The van der Waals surface area contributed by atoms with Crippen molar-refractivity contribution >= 4 is 18.5 Å². The standard InChI is InChI=1S/C41H54N2OS/c1-6-9-11-12-13-17-34(4)20-21-38(16-8-3)33-45-41-40(42-5)19-14-15-30-43(41)31-36-22-24-37(25-23-36)32-44-39-28-26-35(27-29-39)18-10-7-2/h8-9,11-13,16,20-29H,5-7,10,14-15,17-19,30-33H2,1-4H3/b11-9-,13-12-,16-8-,34-20+,38-21+. The predicted octanol–water partition coefficient (Wildman–Crippen LogP) is 11.6. The van der Waals surface area contributed by atoms with Gasteiger partial charge in [-0.2, -0.15) is 0 Å². The Labute approximate surface area is 278 Å². The molecule has 3 rings (SSSR count). The highest BCUT2D eigenvalue weighted by atomic mass is 32.2. The van der Waals surface area contributed by atoms with Gasteiger partial charge in [0, 0.05) is 18.8 Å². The molecule has 1 aliphatic heterocycles. The van der Waals surface area contributed by atoms with Crippen LogP contribution in [0.4, 0.5) is 0 Å². The predicted molar refractivity (Wildman–Crippen MR) is 199 cm³/mol. The first-order chi connectivity index (χ1) is 22.1. The Balaban J connectivity index is 1.63. The molecular weight excluding hydrogens is 569 g/mol. The zero-order valence-corrected chi connectivity index (χ0v) is 29.0. The smallest absolute Gasteiger partial charge is 0.119 e. The number of hydrogen-bond acceptors (Lipinski definition) is 4. The van der Waals surface area contributed by atoms with Gasteiger partial charge < -0.3 is 9.64 Å². The minimum atomic E-state index is 0.573. The van der Waals surface area contributed by atoms with Crippen LogP contribution in [0.1, 0.15) is 89.3 Å². The van der Waals surface area contributed by atoms with Crippen LogP contribution in [0.15, 0.2) is 124 Å². The minimum Gasteiger partial charge on any atom is -0.489 e. The summed E-state index contributed by atoms with van der Waals surface area (Å²) in [6.45, 7) is 15.1. The third kappa shape index (κ3) is 13.6. The molecule has 0 atom stereocenters. The van der Waals surface area contributed by atoms with Crippen LogP contribution in [-0.2, 0) is 19.6 Å². The fraction of sp³-hybridized carbons (Fsp3) is 0.390. The fourth-order valence-electron chi connectivity index (χ4n) is 5.10. The van der Waals surface area contributed by atoms with Gasteiger partial charge in [0.05, 0.1) is 10.7 Å². The summed E-state index contributed by atoms with van der Waals surface area (Å²) < 4.78 is 6.08. The van der Waals surface area contributed by atoms with Crippen molar-refractivity contribution < 1.29 is 4.74 Å². The van der Waals surface area contributed by atoms with E-state index in [0.717, 1.165) is 68.8 Å². The van der Waals surface area contributed by atoms with Crippen molar-refractivity contribution in [2.75, 3.05) is 12.3 Å². The van der Waals surface area contributed by atoms with Gasteiger partial charge in [0.25, 0.3) is 0 Å². The van der Waals surface area contributed by atoms with Gasteiger partial charge in [0.1, 0.15) is 12.4 Å². The lowest BCUT2D eigenvalue weighted by molar-refractivity contribution is 0.306. The first-order valence-corrected chi connectivity index (χ1v) is 17.7. The highest BCUT2D eigenvalue weighted by molar-refractivity contribution is 8.03. The van der Waals surface area contributed by atoms with Gasteiger partial charge in [0.15, 0.2) is 0 Å². The van der Waals surface area contributed by atoms with Gasteiger partial charge in [-0.25, -0.2) is 0 Å². The largest absolute Gasteiger partial charge is 0.489 e. The Morgan fingerprint density at radius 2 is 1.69 bits per heavy atom. The molecule has 45 heavy (non-hydrogen) atoms. The van der Waals surface area contributed by atoms with Crippen molar-refractivity contribution in [1.29, 1.82) is 0 Å². The summed E-state index contributed by atoms with van der Waals surface area (Å²) in [7, 11) is 0. The molecule has 0 aliphatic carbocycles. The summed E-state index contributed by atoms with van der Waals surface area (Å²) in [4.78, 5) is 7.02. The van der Waals surface area contributed by atoms with Crippen molar-refractivity contribution in [3.63, 3.8) is 0 Å². The lowest BCUT2D eigenvalue weighted by atomic mass is 10.1. The van der Waals surface area contributed by atoms with Crippen LogP contribution in [0.5, 0.6) is 5.75 Å². The van der Waals surface area contributed by atoms with E-state index in [0.29, 0.717) is 6.61 Å². The van der Waals surface area contributed by atoms with Crippen molar-refractivity contribution in [3.8, 4) is 5.75 Å². The average Bonchev–Trinajstić information content (AvgIpc) is 3.26. The molecule has 0 N–H and O–H groups in total. The number of allylic oxidation sites excluding steroid dienone is 10. The first-order valence-electron chi connectivity index (χ1n) is 16.7. The number of ether oxygens (including phenoxy) is 1. The van der Waals surface area contributed by atoms with Gasteiger partial charge in [0.2, 0.25) is 0 Å². The third-order valence-corrected chi connectivity index (χ3v) is 9.00. The molecule has 240 valence electrons. The molecule has 3 nitrogen and oxygen atoms in total. The molecule has 4 heteroatoms. The molecular formula is C41H54N2OS. The maximum Gasteiger partial charge on any atom is 0.119 e. The zero-order valence-electron chi connectivity index (χ0n) is 28.1. The number of thioether (sulfide) groups is 1. The number of unbranched alkanes of at least 4 members (excludes halogenated alkanes) is 1. The quantitative estimate of drug-likeness (QED) is 0.122. The number of rotatable bonds is 18. The highest BCUT2D eigenvalue weighted by Gasteiger charge is 2.19. The number of hydrogen-bond donors (Lipinski definition) is 0. The summed E-state index contributed by atoms with van der Waals surface area (Å²) >= 11 is 1.89. The van der Waals surface area contributed by atoms with Crippen molar-refractivity contribution in [1.82, 2.24) is 4.90 Å². The highest BCUT2D eigenvalue weighted by Crippen LogP contribution is 2.33. The normalized spacial score (nSPS) is 15.1. The minimum absolute atomic E-state index is 0.573. The average molecular weight is 623 g/mol. The second kappa shape index (κ2) is 21.3. The van der Waals surface area contributed by atoms with E-state index in [1.54, 1.807) is 0 Å². The second-order valence-corrected chi connectivity index (χ2v) is 12.6. The Morgan fingerprint density at radius 1 is 0.956 bits per heavy atom. The molecule has 0 spiro atoms. The number of benzene rings is 2. The van der Waals surface area contributed by atoms with Gasteiger partial charge in [-0.3, -0.25) is 4.99 Å². The van der Waals surface area contributed by atoms with Crippen LogP contribution in [0.3, 0.4) is 0 Å². The Bertz CT molecular complexity index is 1340. The van der Waals surface area contributed by atoms with E-state index in [2.05, 4.69) is 141 Å². The third-order valence-electron chi connectivity index (χ3n) is 7.76. The monoisotopic (exact) mass is 622 g/mol. The molecule has 0 saturated heterocycles. The summed E-state index contributed by atoms with van der Waals surface area (Å²) in [5.41, 5.74) is 7.63. The Hall–Kier alpha value is -3.50. The van der Waals surface area contributed by atoms with Gasteiger partial charge in [-0.15, -0.1) is 11.8 Å². The Kier molecular flexibility index (Phi) is 17.0. The summed E-state index contributed by atoms with van der Waals surface area (Å²) in [5, 5.41) is 1.26. The van der Waals surface area contributed by atoms with Gasteiger partial charge in [-0.05, 0) is 99.9 Å². The van der Waals surface area contributed by atoms with Crippen LogP contribution in [0, 0.1) is 0 Å². The maximum atomic E-state index is 6.08.